The second-order valence-electron chi connectivity index (χ2n) is 5.90. The SMILES string of the molecule is CC(N)C1CCCCN1S(=O)(=O)c1cnc2ccccc2c1. The van der Waals surface area contributed by atoms with Gasteiger partial charge >= 0.3 is 0 Å². The molecule has 1 fully saturated rings. The molecule has 0 saturated carbocycles. The number of para-hydroxylation sites is 1. The summed E-state index contributed by atoms with van der Waals surface area (Å²) in [6.45, 7) is 2.40. The molecule has 2 atom stereocenters. The van der Waals surface area contributed by atoms with Crippen LogP contribution in [0, 0.1) is 0 Å². The summed E-state index contributed by atoms with van der Waals surface area (Å²) in [7, 11) is -3.56. The predicted octanol–water partition coefficient (Wildman–Crippen LogP) is 2.13. The van der Waals surface area contributed by atoms with Crippen molar-refractivity contribution in [2.24, 2.45) is 5.73 Å². The van der Waals surface area contributed by atoms with E-state index in [2.05, 4.69) is 4.98 Å². The number of hydrogen-bond donors (Lipinski definition) is 1. The van der Waals surface area contributed by atoms with E-state index in [0.717, 1.165) is 30.2 Å². The lowest BCUT2D eigenvalue weighted by atomic mass is 10.00. The standard InChI is InChI=1S/C16H21N3O2S/c1-12(17)16-8-4-5-9-19(16)22(20,21)14-10-13-6-2-3-7-15(13)18-11-14/h2-3,6-7,10-12,16H,4-5,8-9,17H2,1H3. The average Bonchev–Trinajstić information content (AvgIpc) is 2.54. The Labute approximate surface area is 131 Å². The van der Waals surface area contributed by atoms with E-state index in [1.54, 1.807) is 10.4 Å². The van der Waals surface area contributed by atoms with Gasteiger partial charge in [0.2, 0.25) is 10.0 Å². The highest BCUT2D eigenvalue weighted by atomic mass is 32.2. The number of fused-ring (bicyclic) bond motifs is 1. The smallest absolute Gasteiger partial charge is 0.244 e. The van der Waals surface area contributed by atoms with Crippen molar-refractivity contribution in [1.29, 1.82) is 0 Å². The van der Waals surface area contributed by atoms with Crippen molar-refractivity contribution in [1.82, 2.24) is 9.29 Å². The Hall–Kier alpha value is -1.50. The van der Waals surface area contributed by atoms with Crippen LogP contribution in [0.15, 0.2) is 41.4 Å². The second kappa shape index (κ2) is 5.95. The van der Waals surface area contributed by atoms with Gasteiger partial charge in [-0.05, 0) is 31.9 Å². The van der Waals surface area contributed by atoms with Crippen LogP contribution in [0.4, 0.5) is 0 Å². The fourth-order valence-corrected chi connectivity index (χ4v) is 4.84. The first-order valence-corrected chi connectivity index (χ1v) is 9.06. The number of nitrogens with zero attached hydrogens (tertiary/aromatic N) is 2. The number of rotatable bonds is 3. The molecule has 0 aliphatic carbocycles. The van der Waals surface area contributed by atoms with Crippen molar-refractivity contribution < 1.29 is 8.42 Å². The van der Waals surface area contributed by atoms with E-state index in [1.165, 1.54) is 6.20 Å². The topological polar surface area (TPSA) is 76.3 Å². The molecular weight excluding hydrogens is 298 g/mol. The summed E-state index contributed by atoms with van der Waals surface area (Å²) in [6.07, 6.45) is 4.17. The zero-order chi connectivity index (χ0) is 15.7. The van der Waals surface area contributed by atoms with Gasteiger partial charge in [0.05, 0.1) is 5.52 Å². The third kappa shape index (κ3) is 2.74. The highest BCUT2D eigenvalue weighted by Gasteiger charge is 2.35. The molecule has 0 radical (unpaired) electrons. The van der Waals surface area contributed by atoms with E-state index >= 15 is 0 Å². The van der Waals surface area contributed by atoms with Gasteiger partial charge in [-0.3, -0.25) is 4.98 Å². The molecule has 1 aromatic heterocycles. The van der Waals surface area contributed by atoms with E-state index in [4.69, 9.17) is 5.73 Å². The molecule has 118 valence electrons. The summed E-state index contributed by atoms with van der Waals surface area (Å²) >= 11 is 0. The van der Waals surface area contributed by atoms with Crippen LogP contribution in [0.1, 0.15) is 26.2 Å². The molecule has 1 saturated heterocycles. The number of sulfonamides is 1. The fourth-order valence-electron chi connectivity index (χ4n) is 3.08. The van der Waals surface area contributed by atoms with E-state index in [0.29, 0.717) is 6.54 Å². The molecule has 0 spiro atoms. The van der Waals surface area contributed by atoms with Crippen LogP contribution in [0.25, 0.3) is 10.9 Å². The molecular formula is C16H21N3O2S. The number of aromatic nitrogens is 1. The van der Waals surface area contributed by atoms with Gasteiger partial charge in [0.15, 0.2) is 0 Å². The van der Waals surface area contributed by atoms with Crippen LogP contribution in [-0.4, -0.2) is 36.3 Å². The number of hydrogen-bond acceptors (Lipinski definition) is 4. The highest BCUT2D eigenvalue weighted by molar-refractivity contribution is 7.89. The highest BCUT2D eigenvalue weighted by Crippen LogP contribution is 2.27. The summed E-state index contributed by atoms with van der Waals surface area (Å²) < 4.78 is 27.5. The number of pyridine rings is 1. The molecule has 2 N–H and O–H groups in total. The number of piperidine rings is 1. The molecule has 6 heteroatoms. The third-order valence-electron chi connectivity index (χ3n) is 4.28. The number of nitrogens with two attached hydrogens (primary N) is 1. The minimum absolute atomic E-state index is 0.134. The van der Waals surface area contributed by atoms with E-state index in [9.17, 15) is 8.42 Å². The minimum Gasteiger partial charge on any atom is -0.326 e. The van der Waals surface area contributed by atoms with Crippen LogP contribution in [0.2, 0.25) is 0 Å². The lowest BCUT2D eigenvalue weighted by Gasteiger charge is -2.36. The Balaban J connectivity index is 2.02. The molecule has 5 nitrogen and oxygen atoms in total. The van der Waals surface area contributed by atoms with Crippen molar-refractivity contribution in [3.63, 3.8) is 0 Å². The third-order valence-corrected chi connectivity index (χ3v) is 6.17. The van der Waals surface area contributed by atoms with Crippen LogP contribution in [0.5, 0.6) is 0 Å². The first-order chi connectivity index (χ1) is 10.5. The van der Waals surface area contributed by atoms with Gasteiger partial charge in [0.1, 0.15) is 4.90 Å². The first kappa shape index (κ1) is 15.4. The maximum absolute atomic E-state index is 13.0. The van der Waals surface area contributed by atoms with Gasteiger partial charge in [-0.2, -0.15) is 4.31 Å². The van der Waals surface area contributed by atoms with E-state index < -0.39 is 10.0 Å². The maximum Gasteiger partial charge on any atom is 0.244 e. The zero-order valence-corrected chi connectivity index (χ0v) is 13.5. The Kier molecular flexibility index (Phi) is 4.16. The Morgan fingerprint density at radius 2 is 2.09 bits per heavy atom. The number of benzene rings is 1. The molecule has 1 aliphatic rings. The molecule has 3 rings (SSSR count). The molecule has 0 bridgehead atoms. The van der Waals surface area contributed by atoms with Crippen LogP contribution in [-0.2, 0) is 10.0 Å². The maximum atomic E-state index is 13.0. The van der Waals surface area contributed by atoms with Crippen molar-refractivity contribution in [3.8, 4) is 0 Å². The van der Waals surface area contributed by atoms with E-state index in [1.807, 2.05) is 31.2 Å². The zero-order valence-electron chi connectivity index (χ0n) is 12.6. The minimum atomic E-state index is -3.56. The summed E-state index contributed by atoms with van der Waals surface area (Å²) in [5, 5.41) is 0.831. The van der Waals surface area contributed by atoms with E-state index in [-0.39, 0.29) is 17.0 Å². The molecule has 1 aromatic carbocycles. The first-order valence-electron chi connectivity index (χ1n) is 7.62. The normalized spacial score (nSPS) is 21.8. The van der Waals surface area contributed by atoms with Crippen LogP contribution < -0.4 is 5.73 Å². The summed E-state index contributed by atoms with van der Waals surface area (Å²) in [4.78, 5) is 4.52. The summed E-state index contributed by atoms with van der Waals surface area (Å²) in [5.41, 5.74) is 6.80. The lowest BCUT2D eigenvalue weighted by Crippen LogP contribution is -2.51. The Bertz CT molecular complexity index is 774. The van der Waals surface area contributed by atoms with Gasteiger partial charge in [-0.15, -0.1) is 0 Å². The lowest BCUT2D eigenvalue weighted by molar-refractivity contribution is 0.227. The fraction of sp³-hybridized carbons (Fsp3) is 0.438. The molecule has 2 unspecified atom stereocenters. The summed E-state index contributed by atoms with van der Waals surface area (Å²) in [5.74, 6) is 0. The molecule has 0 amide bonds. The van der Waals surface area contributed by atoms with Gasteiger partial charge < -0.3 is 5.73 Å². The molecule has 2 heterocycles. The largest absolute Gasteiger partial charge is 0.326 e. The monoisotopic (exact) mass is 319 g/mol. The van der Waals surface area contributed by atoms with Gasteiger partial charge in [0.25, 0.3) is 0 Å². The second-order valence-corrected chi connectivity index (χ2v) is 7.79. The molecule has 1 aliphatic heterocycles. The quantitative estimate of drug-likeness (QED) is 0.940. The predicted molar refractivity (Wildman–Crippen MR) is 86.9 cm³/mol. The van der Waals surface area contributed by atoms with Crippen molar-refractivity contribution >= 4 is 20.9 Å². The van der Waals surface area contributed by atoms with Gasteiger partial charge in [0, 0.05) is 30.2 Å². The van der Waals surface area contributed by atoms with Crippen LogP contribution in [0.3, 0.4) is 0 Å². The van der Waals surface area contributed by atoms with Crippen molar-refractivity contribution in [3.05, 3.63) is 36.5 Å². The van der Waals surface area contributed by atoms with Gasteiger partial charge in [-0.25, -0.2) is 8.42 Å². The molecule has 2 aromatic rings. The Morgan fingerprint density at radius 3 is 2.86 bits per heavy atom. The summed E-state index contributed by atoms with van der Waals surface area (Å²) in [6, 6.07) is 8.91. The van der Waals surface area contributed by atoms with Crippen LogP contribution >= 0.6 is 0 Å². The van der Waals surface area contributed by atoms with Crippen molar-refractivity contribution in [2.75, 3.05) is 6.54 Å². The Morgan fingerprint density at radius 1 is 1.32 bits per heavy atom. The van der Waals surface area contributed by atoms with Crippen molar-refractivity contribution in [2.45, 2.75) is 43.2 Å². The average molecular weight is 319 g/mol. The molecule has 22 heavy (non-hydrogen) atoms. The van der Waals surface area contributed by atoms with Gasteiger partial charge in [-0.1, -0.05) is 24.6 Å².